The molecule has 2 unspecified atom stereocenters. The number of aromatic nitrogens is 1. The second-order valence-corrected chi connectivity index (χ2v) is 4.76. The van der Waals surface area contributed by atoms with Gasteiger partial charge in [-0.1, -0.05) is 12.1 Å². The molecule has 5 heteroatoms. The quantitative estimate of drug-likeness (QED) is 0.893. The van der Waals surface area contributed by atoms with E-state index >= 15 is 0 Å². The van der Waals surface area contributed by atoms with E-state index in [1.165, 1.54) is 0 Å². The lowest BCUT2D eigenvalue weighted by Gasteiger charge is -2.18. The molecule has 0 radical (unpaired) electrons. The average Bonchev–Trinajstić information content (AvgIpc) is 2.45. The van der Waals surface area contributed by atoms with Crippen LogP contribution in [0.15, 0.2) is 36.5 Å². The highest BCUT2D eigenvalue weighted by Crippen LogP contribution is 2.16. The van der Waals surface area contributed by atoms with E-state index < -0.39 is 17.9 Å². The van der Waals surface area contributed by atoms with Gasteiger partial charge in [-0.25, -0.2) is 0 Å². The fraction of sp³-hybridized carbons (Fsp3) is 0.267. The first kappa shape index (κ1) is 14.0. The summed E-state index contributed by atoms with van der Waals surface area (Å²) in [7, 11) is 0. The lowest BCUT2D eigenvalue weighted by atomic mass is 10.0. The molecule has 0 bridgehead atoms. The van der Waals surface area contributed by atoms with Crippen LogP contribution >= 0.6 is 0 Å². The summed E-state index contributed by atoms with van der Waals surface area (Å²) < 4.78 is 0. The summed E-state index contributed by atoms with van der Waals surface area (Å²) in [5.74, 6) is -1.87. The Morgan fingerprint density at radius 1 is 1.20 bits per heavy atom. The second kappa shape index (κ2) is 5.69. The van der Waals surface area contributed by atoms with Gasteiger partial charge in [-0.3, -0.25) is 14.6 Å². The molecule has 0 saturated carbocycles. The summed E-state index contributed by atoms with van der Waals surface area (Å²) in [5, 5.41) is 12.4. The van der Waals surface area contributed by atoms with E-state index in [1.807, 2.05) is 12.1 Å². The number of nitrogens with zero attached hydrogens (tertiary/aromatic N) is 1. The number of nitrogens with one attached hydrogen (secondary N) is 1. The third-order valence-corrected chi connectivity index (χ3v) is 3.39. The smallest absolute Gasteiger partial charge is 0.308 e. The van der Waals surface area contributed by atoms with Gasteiger partial charge in [0.05, 0.1) is 11.4 Å². The number of benzene rings is 1. The minimum Gasteiger partial charge on any atom is -0.481 e. The van der Waals surface area contributed by atoms with Crippen molar-refractivity contribution >= 4 is 22.8 Å². The minimum atomic E-state index is -0.933. The first-order valence-electron chi connectivity index (χ1n) is 6.38. The van der Waals surface area contributed by atoms with Crippen LogP contribution in [0.4, 0.5) is 0 Å². The Balaban J connectivity index is 2.26. The molecule has 0 aliphatic heterocycles. The van der Waals surface area contributed by atoms with Crippen molar-refractivity contribution in [3.8, 4) is 0 Å². The van der Waals surface area contributed by atoms with Crippen LogP contribution in [-0.2, 0) is 4.79 Å². The average molecular weight is 272 g/mol. The summed E-state index contributed by atoms with van der Waals surface area (Å²) >= 11 is 0. The molecule has 0 fully saturated rings. The molecule has 0 saturated heterocycles. The largest absolute Gasteiger partial charge is 0.481 e. The molecular formula is C15H16N2O3. The zero-order valence-corrected chi connectivity index (χ0v) is 11.3. The fourth-order valence-electron chi connectivity index (χ4n) is 1.92. The third kappa shape index (κ3) is 2.77. The Morgan fingerprint density at radius 3 is 2.65 bits per heavy atom. The number of rotatable bonds is 4. The maximum absolute atomic E-state index is 12.3. The number of hydrogen-bond acceptors (Lipinski definition) is 3. The highest BCUT2D eigenvalue weighted by molar-refractivity contribution is 6.06. The second-order valence-electron chi connectivity index (χ2n) is 4.76. The fourth-order valence-corrected chi connectivity index (χ4v) is 1.92. The molecule has 0 spiro atoms. The zero-order chi connectivity index (χ0) is 14.7. The SMILES string of the molecule is CC(NC(=O)c1cccc2ncccc12)C(C)C(=O)O. The summed E-state index contributed by atoms with van der Waals surface area (Å²) in [4.78, 5) is 27.4. The van der Waals surface area contributed by atoms with Crippen molar-refractivity contribution in [3.63, 3.8) is 0 Å². The summed E-state index contributed by atoms with van der Waals surface area (Å²) in [6, 6.07) is 8.43. The summed E-state index contributed by atoms with van der Waals surface area (Å²) in [6.07, 6.45) is 1.67. The maximum Gasteiger partial charge on any atom is 0.308 e. The monoisotopic (exact) mass is 272 g/mol. The number of aliphatic carboxylic acids is 1. The Hall–Kier alpha value is -2.43. The highest BCUT2D eigenvalue weighted by atomic mass is 16.4. The molecule has 1 aromatic carbocycles. The van der Waals surface area contributed by atoms with Crippen LogP contribution in [0.2, 0.25) is 0 Å². The molecule has 2 aromatic rings. The standard InChI is InChI=1S/C15H16N2O3/c1-9(15(19)20)10(2)17-14(18)12-5-3-7-13-11(12)6-4-8-16-13/h3-10H,1-2H3,(H,17,18)(H,19,20). The van der Waals surface area contributed by atoms with Gasteiger partial charge in [-0.15, -0.1) is 0 Å². The van der Waals surface area contributed by atoms with Crippen molar-refractivity contribution in [2.45, 2.75) is 19.9 Å². The number of carbonyl (C=O) groups is 2. The van der Waals surface area contributed by atoms with Crippen LogP contribution in [0.5, 0.6) is 0 Å². The van der Waals surface area contributed by atoms with Gasteiger partial charge in [-0.2, -0.15) is 0 Å². The molecular weight excluding hydrogens is 256 g/mol. The molecule has 2 rings (SSSR count). The van der Waals surface area contributed by atoms with E-state index in [2.05, 4.69) is 10.3 Å². The predicted octanol–water partition coefficient (Wildman–Crippen LogP) is 2.07. The number of carbonyl (C=O) groups excluding carboxylic acids is 1. The molecule has 104 valence electrons. The third-order valence-electron chi connectivity index (χ3n) is 3.39. The van der Waals surface area contributed by atoms with Crippen molar-refractivity contribution in [2.24, 2.45) is 5.92 Å². The molecule has 1 aromatic heterocycles. The van der Waals surface area contributed by atoms with Crippen molar-refractivity contribution in [1.82, 2.24) is 10.3 Å². The Bertz CT molecular complexity index is 649. The Kier molecular flexibility index (Phi) is 3.98. The topological polar surface area (TPSA) is 79.3 Å². The highest BCUT2D eigenvalue weighted by Gasteiger charge is 2.22. The molecule has 1 heterocycles. The van der Waals surface area contributed by atoms with E-state index in [9.17, 15) is 9.59 Å². The molecule has 20 heavy (non-hydrogen) atoms. The Labute approximate surface area is 116 Å². The van der Waals surface area contributed by atoms with Gasteiger partial charge in [-0.05, 0) is 32.0 Å². The van der Waals surface area contributed by atoms with Gasteiger partial charge in [0, 0.05) is 23.2 Å². The van der Waals surface area contributed by atoms with Gasteiger partial charge in [0.15, 0.2) is 0 Å². The van der Waals surface area contributed by atoms with Crippen LogP contribution in [0, 0.1) is 5.92 Å². The van der Waals surface area contributed by atoms with E-state index in [1.54, 1.807) is 38.2 Å². The van der Waals surface area contributed by atoms with Crippen LogP contribution in [-0.4, -0.2) is 28.0 Å². The number of hydrogen-bond donors (Lipinski definition) is 2. The molecule has 0 aliphatic carbocycles. The van der Waals surface area contributed by atoms with Crippen LogP contribution in [0.3, 0.4) is 0 Å². The van der Waals surface area contributed by atoms with Crippen LogP contribution in [0.25, 0.3) is 10.9 Å². The van der Waals surface area contributed by atoms with Crippen molar-refractivity contribution in [1.29, 1.82) is 0 Å². The van der Waals surface area contributed by atoms with Crippen molar-refractivity contribution < 1.29 is 14.7 Å². The van der Waals surface area contributed by atoms with Gasteiger partial charge in [0.2, 0.25) is 0 Å². The van der Waals surface area contributed by atoms with Gasteiger partial charge < -0.3 is 10.4 Å². The number of amides is 1. The number of carboxylic acids is 1. The lowest BCUT2D eigenvalue weighted by molar-refractivity contribution is -0.141. The van der Waals surface area contributed by atoms with Crippen molar-refractivity contribution in [3.05, 3.63) is 42.1 Å². The number of pyridine rings is 1. The van der Waals surface area contributed by atoms with Gasteiger partial charge >= 0.3 is 5.97 Å². The summed E-state index contributed by atoms with van der Waals surface area (Å²) in [5.41, 5.74) is 1.24. The minimum absolute atomic E-state index is 0.288. The number of carboxylic acid groups (broad SMARTS) is 1. The van der Waals surface area contributed by atoms with Crippen LogP contribution < -0.4 is 5.32 Å². The first-order valence-corrected chi connectivity index (χ1v) is 6.38. The van der Waals surface area contributed by atoms with Crippen molar-refractivity contribution in [2.75, 3.05) is 0 Å². The maximum atomic E-state index is 12.3. The molecule has 0 aliphatic rings. The van der Waals surface area contributed by atoms with E-state index in [-0.39, 0.29) is 5.91 Å². The predicted molar refractivity (Wildman–Crippen MR) is 75.5 cm³/mol. The molecule has 2 N–H and O–H groups in total. The molecule has 5 nitrogen and oxygen atoms in total. The van der Waals surface area contributed by atoms with Gasteiger partial charge in [0.1, 0.15) is 0 Å². The lowest BCUT2D eigenvalue weighted by Crippen LogP contribution is -2.40. The molecule has 1 amide bonds. The van der Waals surface area contributed by atoms with Crippen LogP contribution in [0.1, 0.15) is 24.2 Å². The molecule has 2 atom stereocenters. The van der Waals surface area contributed by atoms with E-state index in [4.69, 9.17) is 5.11 Å². The van der Waals surface area contributed by atoms with E-state index in [0.29, 0.717) is 5.56 Å². The zero-order valence-electron chi connectivity index (χ0n) is 11.3. The first-order chi connectivity index (χ1) is 9.50. The Morgan fingerprint density at radius 2 is 1.95 bits per heavy atom. The number of fused-ring (bicyclic) bond motifs is 1. The van der Waals surface area contributed by atoms with Gasteiger partial charge in [0.25, 0.3) is 5.91 Å². The summed E-state index contributed by atoms with van der Waals surface area (Å²) in [6.45, 7) is 3.25. The normalized spacial score (nSPS) is 13.7. The van der Waals surface area contributed by atoms with E-state index in [0.717, 1.165) is 10.9 Å².